The van der Waals surface area contributed by atoms with E-state index in [0.717, 1.165) is 84.2 Å². The van der Waals surface area contributed by atoms with E-state index in [9.17, 15) is 0 Å². The van der Waals surface area contributed by atoms with Crippen molar-refractivity contribution < 1.29 is 9.47 Å². The van der Waals surface area contributed by atoms with Gasteiger partial charge in [-0.05, 0) is 25.7 Å². The Balaban J connectivity index is 0.00000312. The molecule has 0 aromatic carbocycles. The third kappa shape index (κ3) is 9.21. The zero-order chi connectivity index (χ0) is 17.0. The number of hydrogen-bond donors (Lipinski definition) is 2. The molecule has 146 valence electrons. The minimum atomic E-state index is 0. The summed E-state index contributed by atoms with van der Waals surface area (Å²) in [7, 11) is 1.83. The molecular formula is C18H35IN4O2. The van der Waals surface area contributed by atoms with Gasteiger partial charge in [0, 0.05) is 58.4 Å². The second-order valence-electron chi connectivity index (χ2n) is 6.66. The van der Waals surface area contributed by atoms with Crippen molar-refractivity contribution in [3.8, 4) is 0 Å². The van der Waals surface area contributed by atoms with E-state index in [2.05, 4.69) is 27.1 Å². The number of likely N-dealkylation sites (tertiary alicyclic amines) is 1. The molecule has 2 aliphatic rings. The minimum absolute atomic E-state index is 0. The van der Waals surface area contributed by atoms with Crippen molar-refractivity contribution in [2.45, 2.75) is 31.7 Å². The van der Waals surface area contributed by atoms with Crippen LogP contribution >= 0.6 is 24.0 Å². The van der Waals surface area contributed by atoms with E-state index >= 15 is 0 Å². The zero-order valence-corrected chi connectivity index (χ0v) is 17.9. The molecule has 25 heavy (non-hydrogen) atoms. The van der Waals surface area contributed by atoms with E-state index in [-0.39, 0.29) is 24.0 Å². The Labute approximate surface area is 169 Å². The summed E-state index contributed by atoms with van der Waals surface area (Å²) < 4.78 is 11.1. The van der Waals surface area contributed by atoms with Crippen LogP contribution in [0.3, 0.4) is 0 Å². The molecule has 2 aliphatic heterocycles. The first-order valence-corrected chi connectivity index (χ1v) is 9.27. The normalized spacial score (nSPS) is 22.4. The number of nitrogens with one attached hydrogen (secondary N) is 2. The third-order valence-corrected chi connectivity index (χ3v) is 4.67. The molecule has 1 atom stereocenters. The van der Waals surface area contributed by atoms with E-state index in [1.54, 1.807) is 0 Å². The predicted molar refractivity (Wildman–Crippen MR) is 114 cm³/mol. The molecule has 0 aromatic heterocycles. The van der Waals surface area contributed by atoms with Crippen molar-refractivity contribution >= 4 is 29.9 Å². The summed E-state index contributed by atoms with van der Waals surface area (Å²) in [5.41, 5.74) is 0. The van der Waals surface area contributed by atoms with E-state index in [1.807, 2.05) is 13.1 Å². The molecule has 0 radical (unpaired) electrons. The van der Waals surface area contributed by atoms with Gasteiger partial charge in [-0.1, -0.05) is 6.08 Å². The van der Waals surface area contributed by atoms with Crippen molar-refractivity contribution in [2.75, 3.05) is 59.7 Å². The molecule has 2 saturated heterocycles. The minimum Gasteiger partial charge on any atom is -0.381 e. The summed E-state index contributed by atoms with van der Waals surface area (Å²) in [6.07, 6.45) is 6.42. The van der Waals surface area contributed by atoms with Crippen LogP contribution in [0.2, 0.25) is 0 Å². The van der Waals surface area contributed by atoms with Gasteiger partial charge in [-0.2, -0.15) is 0 Å². The average Bonchev–Trinajstić information content (AvgIpc) is 3.12. The van der Waals surface area contributed by atoms with E-state index in [4.69, 9.17) is 9.47 Å². The summed E-state index contributed by atoms with van der Waals surface area (Å²) in [6.45, 7) is 11.3. The molecule has 0 amide bonds. The Hall–Kier alpha value is -0.380. The van der Waals surface area contributed by atoms with Crippen molar-refractivity contribution in [3.05, 3.63) is 12.7 Å². The highest BCUT2D eigenvalue weighted by atomic mass is 127. The Kier molecular flexibility index (Phi) is 12.5. The molecule has 2 rings (SSSR count). The van der Waals surface area contributed by atoms with Crippen LogP contribution in [0.1, 0.15) is 25.7 Å². The highest BCUT2D eigenvalue weighted by molar-refractivity contribution is 14.0. The van der Waals surface area contributed by atoms with Gasteiger partial charge in [-0.25, -0.2) is 0 Å². The maximum Gasteiger partial charge on any atom is 0.191 e. The fraction of sp³-hybridized carbons (Fsp3) is 0.833. The lowest BCUT2D eigenvalue weighted by molar-refractivity contribution is 0.0888. The first-order valence-electron chi connectivity index (χ1n) is 9.27. The van der Waals surface area contributed by atoms with Crippen molar-refractivity contribution in [1.29, 1.82) is 0 Å². The first-order chi connectivity index (χ1) is 11.8. The van der Waals surface area contributed by atoms with Crippen LogP contribution < -0.4 is 10.6 Å². The molecule has 0 saturated carbocycles. The maximum atomic E-state index is 5.72. The van der Waals surface area contributed by atoms with Gasteiger partial charge < -0.3 is 20.1 Å². The van der Waals surface area contributed by atoms with Crippen LogP contribution in [0.15, 0.2) is 17.6 Å². The molecule has 0 bridgehead atoms. The van der Waals surface area contributed by atoms with Gasteiger partial charge in [0.05, 0.1) is 13.2 Å². The van der Waals surface area contributed by atoms with E-state index in [0.29, 0.717) is 12.0 Å². The molecule has 7 heteroatoms. The summed E-state index contributed by atoms with van der Waals surface area (Å²) in [6, 6.07) is 0.510. The lowest BCUT2D eigenvalue weighted by atomic mass is 10.1. The highest BCUT2D eigenvalue weighted by Crippen LogP contribution is 2.12. The topological polar surface area (TPSA) is 58.1 Å². The molecular weight excluding hydrogens is 431 g/mol. The number of nitrogens with zero attached hydrogens (tertiary/aromatic N) is 2. The number of halogens is 1. The number of hydrogen-bond acceptors (Lipinski definition) is 4. The number of ether oxygens (including phenoxy) is 2. The first kappa shape index (κ1) is 22.7. The van der Waals surface area contributed by atoms with Crippen LogP contribution in [0.5, 0.6) is 0 Å². The summed E-state index contributed by atoms with van der Waals surface area (Å²) in [4.78, 5) is 6.76. The van der Waals surface area contributed by atoms with Crippen LogP contribution in [-0.4, -0.2) is 76.6 Å². The second-order valence-corrected chi connectivity index (χ2v) is 6.66. The van der Waals surface area contributed by atoms with Gasteiger partial charge >= 0.3 is 0 Å². The Morgan fingerprint density at radius 3 is 2.80 bits per heavy atom. The lowest BCUT2D eigenvalue weighted by Crippen LogP contribution is -2.48. The van der Waals surface area contributed by atoms with Gasteiger partial charge in [-0.3, -0.25) is 9.89 Å². The fourth-order valence-corrected chi connectivity index (χ4v) is 3.18. The van der Waals surface area contributed by atoms with Crippen LogP contribution in [0.4, 0.5) is 0 Å². The van der Waals surface area contributed by atoms with Gasteiger partial charge in [0.25, 0.3) is 0 Å². The monoisotopic (exact) mass is 466 g/mol. The van der Waals surface area contributed by atoms with Gasteiger partial charge in [0.2, 0.25) is 0 Å². The lowest BCUT2D eigenvalue weighted by Gasteiger charge is -2.32. The fourth-order valence-electron chi connectivity index (χ4n) is 3.18. The summed E-state index contributed by atoms with van der Waals surface area (Å²) >= 11 is 0. The maximum absolute atomic E-state index is 5.72. The van der Waals surface area contributed by atoms with Crippen molar-refractivity contribution in [1.82, 2.24) is 15.5 Å². The molecule has 0 aromatic rings. The zero-order valence-electron chi connectivity index (χ0n) is 15.5. The molecule has 0 aliphatic carbocycles. The van der Waals surface area contributed by atoms with E-state index in [1.165, 1.54) is 0 Å². The number of guanidine groups is 1. The SMILES string of the molecule is C=CCN1CCC(NC(=NC)NCCCOCC2CCOC2)CC1.I. The predicted octanol–water partition coefficient (Wildman–Crippen LogP) is 1.86. The second kappa shape index (κ2) is 13.8. The van der Waals surface area contributed by atoms with Crippen molar-refractivity contribution in [2.24, 2.45) is 10.9 Å². The van der Waals surface area contributed by atoms with Crippen LogP contribution in [0.25, 0.3) is 0 Å². The molecule has 6 nitrogen and oxygen atoms in total. The molecule has 2 N–H and O–H groups in total. The third-order valence-electron chi connectivity index (χ3n) is 4.67. The Bertz CT molecular complexity index is 381. The highest BCUT2D eigenvalue weighted by Gasteiger charge is 2.19. The van der Waals surface area contributed by atoms with Crippen LogP contribution in [-0.2, 0) is 9.47 Å². The number of rotatable bonds is 9. The molecule has 0 spiro atoms. The smallest absolute Gasteiger partial charge is 0.191 e. The standard InChI is InChI=1S/C18H34N4O2.HI/c1-3-9-22-10-5-17(6-11-22)21-18(19-2)20-8-4-12-23-14-16-7-13-24-15-16;/h3,16-17H,1,4-15H2,2H3,(H2,19,20,21);1H. The van der Waals surface area contributed by atoms with E-state index < -0.39 is 0 Å². The average molecular weight is 466 g/mol. The number of aliphatic imine (C=N–C) groups is 1. The quantitative estimate of drug-likeness (QED) is 0.179. The summed E-state index contributed by atoms with van der Waals surface area (Å²) in [5.74, 6) is 1.50. The summed E-state index contributed by atoms with van der Waals surface area (Å²) in [5, 5.41) is 6.92. The molecule has 1 unspecified atom stereocenters. The van der Waals surface area contributed by atoms with Gasteiger partial charge in [-0.15, -0.1) is 30.6 Å². The number of piperidine rings is 1. The van der Waals surface area contributed by atoms with Crippen LogP contribution in [0, 0.1) is 5.92 Å². The van der Waals surface area contributed by atoms with Gasteiger partial charge in [0.1, 0.15) is 0 Å². The molecule has 2 fully saturated rings. The Morgan fingerprint density at radius 2 is 2.16 bits per heavy atom. The molecule has 2 heterocycles. The largest absolute Gasteiger partial charge is 0.381 e. The van der Waals surface area contributed by atoms with Crippen molar-refractivity contribution in [3.63, 3.8) is 0 Å². The van der Waals surface area contributed by atoms with Gasteiger partial charge in [0.15, 0.2) is 5.96 Å². The Morgan fingerprint density at radius 1 is 1.36 bits per heavy atom.